The first kappa shape index (κ1) is 12.1. The molecule has 0 atom stereocenters. The number of aryl methyl sites for hydroxylation is 1. The standard InChI is InChI=1S/C12H10Cl2N2O/c1-16-11(10(7-15-16)12(14)17)6-8-2-4-9(13)5-3-8/h2-5,7H,6H2,1H3. The average Bonchev–Trinajstić information content (AvgIpc) is 2.64. The molecule has 0 amide bonds. The Morgan fingerprint density at radius 3 is 2.59 bits per heavy atom. The van der Waals surface area contributed by atoms with Crippen LogP contribution in [0.15, 0.2) is 30.5 Å². The normalized spacial score (nSPS) is 10.5. The number of hydrogen-bond donors (Lipinski definition) is 0. The van der Waals surface area contributed by atoms with E-state index in [9.17, 15) is 4.79 Å². The van der Waals surface area contributed by atoms with Crippen molar-refractivity contribution in [2.45, 2.75) is 6.42 Å². The topological polar surface area (TPSA) is 34.9 Å². The summed E-state index contributed by atoms with van der Waals surface area (Å²) in [5.74, 6) is 0. The van der Waals surface area contributed by atoms with Gasteiger partial charge in [-0.3, -0.25) is 9.48 Å². The van der Waals surface area contributed by atoms with E-state index in [1.54, 1.807) is 11.7 Å². The summed E-state index contributed by atoms with van der Waals surface area (Å²) in [6, 6.07) is 7.46. The van der Waals surface area contributed by atoms with Crippen molar-refractivity contribution in [3.05, 3.63) is 52.3 Å². The van der Waals surface area contributed by atoms with Crippen molar-refractivity contribution in [3.63, 3.8) is 0 Å². The molecule has 0 radical (unpaired) electrons. The number of hydrogen-bond acceptors (Lipinski definition) is 2. The van der Waals surface area contributed by atoms with Gasteiger partial charge in [0.25, 0.3) is 5.24 Å². The number of carbonyl (C=O) groups excluding carboxylic acids is 1. The summed E-state index contributed by atoms with van der Waals surface area (Å²) in [6.07, 6.45) is 2.09. The second kappa shape index (κ2) is 4.90. The summed E-state index contributed by atoms with van der Waals surface area (Å²) in [5, 5.41) is 4.24. The lowest BCUT2D eigenvalue weighted by molar-refractivity contribution is 0.108. The molecular weight excluding hydrogens is 259 g/mol. The maximum Gasteiger partial charge on any atom is 0.255 e. The first-order valence-electron chi connectivity index (χ1n) is 5.03. The van der Waals surface area contributed by atoms with Gasteiger partial charge in [0, 0.05) is 18.5 Å². The van der Waals surface area contributed by atoms with Crippen molar-refractivity contribution in [1.82, 2.24) is 9.78 Å². The molecule has 17 heavy (non-hydrogen) atoms. The molecule has 1 heterocycles. The molecule has 3 nitrogen and oxygen atoms in total. The van der Waals surface area contributed by atoms with E-state index in [1.165, 1.54) is 6.20 Å². The van der Waals surface area contributed by atoms with Gasteiger partial charge in [0.2, 0.25) is 0 Å². The zero-order chi connectivity index (χ0) is 12.4. The largest absolute Gasteiger partial charge is 0.275 e. The Morgan fingerprint density at radius 2 is 2.00 bits per heavy atom. The Hall–Kier alpha value is -1.32. The van der Waals surface area contributed by atoms with Crippen molar-refractivity contribution in [2.75, 3.05) is 0 Å². The van der Waals surface area contributed by atoms with Crippen LogP contribution in [0.1, 0.15) is 21.6 Å². The fourth-order valence-corrected chi connectivity index (χ4v) is 1.92. The van der Waals surface area contributed by atoms with Crippen molar-refractivity contribution in [3.8, 4) is 0 Å². The first-order chi connectivity index (χ1) is 8.08. The van der Waals surface area contributed by atoms with Crippen LogP contribution >= 0.6 is 23.2 Å². The van der Waals surface area contributed by atoms with E-state index in [-0.39, 0.29) is 0 Å². The van der Waals surface area contributed by atoms with Crippen LogP contribution in [0.5, 0.6) is 0 Å². The van der Waals surface area contributed by atoms with E-state index in [4.69, 9.17) is 23.2 Å². The summed E-state index contributed by atoms with van der Waals surface area (Å²) in [5.41, 5.74) is 2.30. The first-order valence-corrected chi connectivity index (χ1v) is 5.78. The van der Waals surface area contributed by atoms with Gasteiger partial charge in [-0.1, -0.05) is 23.7 Å². The summed E-state index contributed by atoms with van der Waals surface area (Å²) in [7, 11) is 1.79. The molecule has 1 aromatic heterocycles. The minimum absolute atomic E-state index is 0.448. The second-order valence-electron chi connectivity index (χ2n) is 3.71. The maximum atomic E-state index is 11.2. The molecule has 0 aliphatic heterocycles. The van der Waals surface area contributed by atoms with Crippen LogP contribution in [0, 0.1) is 0 Å². The van der Waals surface area contributed by atoms with Crippen LogP contribution in [0.4, 0.5) is 0 Å². The lowest BCUT2D eigenvalue weighted by atomic mass is 10.1. The third kappa shape index (κ3) is 2.68. The van der Waals surface area contributed by atoms with E-state index in [1.807, 2.05) is 24.3 Å². The summed E-state index contributed by atoms with van der Waals surface area (Å²) in [4.78, 5) is 11.2. The van der Waals surface area contributed by atoms with Crippen molar-refractivity contribution >= 4 is 28.4 Å². The Kier molecular flexibility index (Phi) is 3.50. The van der Waals surface area contributed by atoms with Gasteiger partial charge in [-0.15, -0.1) is 0 Å². The Labute approximate surface area is 109 Å². The summed E-state index contributed by atoms with van der Waals surface area (Å²) < 4.78 is 1.66. The molecule has 5 heteroatoms. The third-order valence-electron chi connectivity index (χ3n) is 2.56. The van der Waals surface area contributed by atoms with Gasteiger partial charge in [-0.2, -0.15) is 5.10 Å². The molecule has 0 spiro atoms. The highest BCUT2D eigenvalue weighted by Gasteiger charge is 2.14. The molecule has 2 rings (SSSR count). The monoisotopic (exact) mass is 268 g/mol. The van der Waals surface area contributed by atoms with Crippen molar-refractivity contribution in [1.29, 1.82) is 0 Å². The van der Waals surface area contributed by atoms with Gasteiger partial charge in [0.1, 0.15) is 0 Å². The quantitative estimate of drug-likeness (QED) is 0.803. The van der Waals surface area contributed by atoms with E-state index < -0.39 is 5.24 Å². The molecule has 2 aromatic rings. The Balaban J connectivity index is 2.32. The molecular formula is C12H10Cl2N2O. The lowest BCUT2D eigenvalue weighted by Crippen LogP contribution is -2.03. The van der Waals surface area contributed by atoms with Gasteiger partial charge in [-0.05, 0) is 29.3 Å². The van der Waals surface area contributed by atoms with E-state index in [2.05, 4.69) is 5.10 Å². The molecule has 0 saturated carbocycles. The van der Waals surface area contributed by atoms with Gasteiger partial charge in [0.05, 0.1) is 17.5 Å². The smallest absolute Gasteiger partial charge is 0.255 e. The maximum absolute atomic E-state index is 11.2. The van der Waals surface area contributed by atoms with Gasteiger partial charge in [0.15, 0.2) is 0 Å². The van der Waals surface area contributed by atoms with Crippen molar-refractivity contribution < 1.29 is 4.79 Å². The molecule has 0 N–H and O–H groups in total. The van der Waals surface area contributed by atoms with Crippen LogP contribution in [0.3, 0.4) is 0 Å². The minimum Gasteiger partial charge on any atom is -0.275 e. The molecule has 0 aliphatic carbocycles. The van der Waals surface area contributed by atoms with Crippen LogP contribution < -0.4 is 0 Å². The fourth-order valence-electron chi connectivity index (χ4n) is 1.63. The molecule has 0 fully saturated rings. The lowest BCUT2D eigenvalue weighted by Gasteiger charge is -2.04. The molecule has 1 aromatic carbocycles. The van der Waals surface area contributed by atoms with Gasteiger partial charge < -0.3 is 0 Å². The van der Waals surface area contributed by atoms with Crippen LogP contribution in [-0.4, -0.2) is 15.0 Å². The number of carbonyl (C=O) groups is 1. The zero-order valence-electron chi connectivity index (χ0n) is 9.15. The summed E-state index contributed by atoms with van der Waals surface area (Å²) >= 11 is 11.3. The number of rotatable bonds is 3. The molecule has 0 bridgehead atoms. The van der Waals surface area contributed by atoms with E-state index in [0.29, 0.717) is 17.0 Å². The Bertz CT molecular complexity index is 546. The fraction of sp³-hybridized carbons (Fsp3) is 0.167. The van der Waals surface area contributed by atoms with Crippen molar-refractivity contribution in [2.24, 2.45) is 7.05 Å². The molecule has 0 unspecified atom stereocenters. The number of benzene rings is 1. The number of aromatic nitrogens is 2. The minimum atomic E-state index is -0.484. The third-order valence-corrected chi connectivity index (χ3v) is 3.01. The highest BCUT2D eigenvalue weighted by molar-refractivity contribution is 6.67. The van der Waals surface area contributed by atoms with E-state index in [0.717, 1.165) is 11.3 Å². The predicted octanol–water partition coefficient (Wildman–Crippen LogP) is 3.04. The van der Waals surface area contributed by atoms with Gasteiger partial charge >= 0.3 is 0 Å². The SMILES string of the molecule is Cn1ncc(C(=O)Cl)c1Cc1ccc(Cl)cc1. The summed E-state index contributed by atoms with van der Waals surface area (Å²) in [6.45, 7) is 0. The number of nitrogens with zero attached hydrogens (tertiary/aromatic N) is 2. The molecule has 0 saturated heterocycles. The highest BCUT2D eigenvalue weighted by atomic mass is 35.5. The predicted molar refractivity (Wildman–Crippen MR) is 67.6 cm³/mol. The Morgan fingerprint density at radius 1 is 1.35 bits per heavy atom. The van der Waals surface area contributed by atoms with Crippen LogP contribution in [0.2, 0.25) is 5.02 Å². The molecule has 88 valence electrons. The average molecular weight is 269 g/mol. The zero-order valence-corrected chi connectivity index (χ0v) is 10.7. The highest BCUT2D eigenvalue weighted by Crippen LogP contribution is 2.17. The van der Waals surface area contributed by atoms with E-state index >= 15 is 0 Å². The number of halogens is 2. The molecule has 0 aliphatic rings. The second-order valence-corrected chi connectivity index (χ2v) is 4.49. The van der Waals surface area contributed by atoms with Gasteiger partial charge in [-0.25, -0.2) is 0 Å². The van der Waals surface area contributed by atoms with Crippen LogP contribution in [-0.2, 0) is 13.5 Å². The van der Waals surface area contributed by atoms with Crippen LogP contribution in [0.25, 0.3) is 0 Å².